The van der Waals surface area contributed by atoms with Gasteiger partial charge in [0.05, 0.1) is 24.1 Å². The molecular weight excluding hydrogens is 368 g/mol. The van der Waals surface area contributed by atoms with E-state index in [9.17, 15) is 18.0 Å². The van der Waals surface area contributed by atoms with Crippen molar-refractivity contribution in [2.45, 2.75) is 20.8 Å². The highest BCUT2D eigenvalue weighted by Gasteiger charge is 2.16. The SMILES string of the molecule is CCOC(=O)c1cccc(NC(=O)c2ccc(C)c(NS(C)(=O)=O)c2)c1C. The van der Waals surface area contributed by atoms with E-state index in [1.807, 2.05) is 0 Å². The topological polar surface area (TPSA) is 102 Å². The number of hydrogen-bond acceptors (Lipinski definition) is 5. The van der Waals surface area contributed by atoms with Crippen LogP contribution in [-0.2, 0) is 14.8 Å². The minimum absolute atomic E-state index is 0.258. The van der Waals surface area contributed by atoms with Crippen molar-refractivity contribution >= 4 is 33.3 Å². The van der Waals surface area contributed by atoms with Crippen molar-refractivity contribution < 1.29 is 22.7 Å². The minimum atomic E-state index is -3.46. The molecule has 0 aliphatic heterocycles. The van der Waals surface area contributed by atoms with Crippen molar-refractivity contribution in [3.05, 3.63) is 58.7 Å². The Bertz CT molecular complexity index is 984. The first-order valence-corrected chi connectivity index (χ1v) is 10.2. The number of nitrogens with one attached hydrogen (secondary N) is 2. The zero-order valence-electron chi connectivity index (χ0n) is 15.6. The number of amides is 1. The van der Waals surface area contributed by atoms with E-state index < -0.39 is 21.9 Å². The van der Waals surface area contributed by atoms with Crippen LogP contribution in [0.25, 0.3) is 0 Å². The number of hydrogen-bond donors (Lipinski definition) is 2. The number of aryl methyl sites for hydroxylation is 1. The van der Waals surface area contributed by atoms with Gasteiger partial charge in [0.15, 0.2) is 0 Å². The van der Waals surface area contributed by atoms with Crippen LogP contribution in [0.1, 0.15) is 38.8 Å². The van der Waals surface area contributed by atoms with Gasteiger partial charge in [0.25, 0.3) is 5.91 Å². The van der Waals surface area contributed by atoms with Crippen molar-refractivity contribution in [1.29, 1.82) is 0 Å². The lowest BCUT2D eigenvalue weighted by Crippen LogP contribution is -2.16. The first-order chi connectivity index (χ1) is 12.6. The molecule has 0 spiro atoms. The molecule has 0 unspecified atom stereocenters. The molecule has 0 bridgehead atoms. The molecule has 0 saturated heterocycles. The van der Waals surface area contributed by atoms with Crippen molar-refractivity contribution in [1.82, 2.24) is 0 Å². The summed E-state index contributed by atoms with van der Waals surface area (Å²) in [4.78, 5) is 24.6. The van der Waals surface area contributed by atoms with Gasteiger partial charge in [0.2, 0.25) is 10.0 Å². The molecule has 2 aromatic carbocycles. The zero-order valence-corrected chi connectivity index (χ0v) is 16.4. The predicted octanol–water partition coefficient (Wildman–Crippen LogP) is 3.10. The van der Waals surface area contributed by atoms with Crippen LogP contribution in [0.15, 0.2) is 36.4 Å². The number of anilines is 2. The first kappa shape index (κ1) is 20.4. The largest absolute Gasteiger partial charge is 0.462 e. The van der Waals surface area contributed by atoms with Crippen LogP contribution in [0, 0.1) is 13.8 Å². The Morgan fingerprint density at radius 3 is 2.41 bits per heavy atom. The maximum absolute atomic E-state index is 12.6. The molecule has 27 heavy (non-hydrogen) atoms. The third-order valence-corrected chi connectivity index (χ3v) is 4.46. The highest BCUT2D eigenvalue weighted by Crippen LogP contribution is 2.22. The molecule has 0 heterocycles. The van der Waals surface area contributed by atoms with E-state index >= 15 is 0 Å². The highest BCUT2D eigenvalue weighted by atomic mass is 32.2. The fourth-order valence-corrected chi connectivity index (χ4v) is 3.09. The number of rotatable bonds is 6. The van der Waals surface area contributed by atoms with E-state index in [4.69, 9.17) is 4.74 Å². The second-order valence-corrected chi connectivity index (χ2v) is 7.81. The van der Waals surface area contributed by atoms with Gasteiger partial charge in [0.1, 0.15) is 0 Å². The summed E-state index contributed by atoms with van der Waals surface area (Å²) in [5.74, 6) is -0.878. The molecule has 0 aliphatic carbocycles. The summed E-state index contributed by atoms with van der Waals surface area (Å²) in [6.45, 7) is 5.43. The molecule has 0 atom stereocenters. The third kappa shape index (κ3) is 5.30. The number of esters is 1. The van der Waals surface area contributed by atoms with E-state index in [0.29, 0.717) is 28.1 Å². The molecule has 8 heteroatoms. The van der Waals surface area contributed by atoms with Crippen LogP contribution in [-0.4, -0.2) is 33.2 Å². The Morgan fingerprint density at radius 2 is 1.78 bits per heavy atom. The molecule has 0 fully saturated rings. The normalized spacial score (nSPS) is 11.0. The standard InChI is InChI=1S/C19H22N2O5S/c1-5-26-19(23)15-7-6-8-16(13(15)3)20-18(22)14-10-9-12(2)17(11-14)21-27(4,24)25/h6-11,21H,5H2,1-4H3,(H,20,22). The Hall–Kier alpha value is -2.87. The molecule has 144 valence electrons. The maximum atomic E-state index is 12.6. The van der Waals surface area contributed by atoms with Crippen LogP contribution >= 0.6 is 0 Å². The molecule has 0 saturated carbocycles. The Kier molecular flexibility index (Phi) is 6.22. The summed E-state index contributed by atoms with van der Waals surface area (Å²) < 4.78 is 30.3. The summed E-state index contributed by atoms with van der Waals surface area (Å²) in [7, 11) is -3.46. The number of sulfonamides is 1. The van der Waals surface area contributed by atoms with E-state index in [2.05, 4.69) is 10.0 Å². The van der Waals surface area contributed by atoms with Crippen molar-refractivity contribution in [3.8, 4) is 0 Å². The number of benzene rings is 2. The van der Waals surface area contributed by atoms with Gasteiger partial charge < -0.3 is 10.1 Å². The minimum Gasteiger partial charge on any atom is -0.462 e. The fourth-order valence-electron chi connectivity index (χ4n) is 2.47. The zero-order chi connectivity index (χ0) is 20.2. The number of carbonyl (C=O) groups is 2. The second-order valence-electron chi connectivity index (χ2n) is 6.06. The molecule has 1 amide bonds. The van der Waals surface area contributed by atoms with E-state index in [1.54, 1.807) is 51.1 Å². The van der Waals surface area contributed by atoms with E-state index in [0.717, 1.165) is 6.26 Å². The average molecular weight is 390 g/mol. The summed E-state index contributed by atoms with van der Waals surface area (Å²) in [6, 6.07) is 9.69. The van der Waals surface area contributed by atoms with Crippen LogP contribution in [0.4, 0.5) is 11.4 Å². The monoisotopic (exact) mass is 390 g/mol. The van der Waals surface area contributed by atoms with Crippen LogP contribution in [0.2, 0.25) is 0 Å². The van der Waals surface area contributed by atoms with Gasteiger partial charge in [-0.25, -0.2) is 13.2 Å². The first-order valence-electron chi connectivity index (χ1n) is 8.29. The summed E-state index contributed by atoms with van der Waals surface area (Å²) in [5, 5.41) is 2.75. The molecule has 2 rings (SSSR count). The van der Waals surface area contributed by atoms with Gasteiger partial charge in [-0.05, 0) is 56.2 Å². The summed E-state index contributed by atoms with van der Waals surface area (Å²) in [6.07, 6.45) is 1.05. The summed E-state index contributed by atoms with van der Waals surface area (Å²) >= 11 is 0. The van der Waals surface area contributed by atoms with Gasteiger partial charge in [0, 0.05) is 11.3 Å². The van der Waals surface area contributed by atoms with Gasteiger partial charge in [-0.2, -0.15) is 0 Å². The molecule has 0 aliphatic rings. The Balaban J connectivity index is 2.29. The molecule has 7 nitrogen and oxygen atoms in total. The van der Waals surface area contributed by atoms with E-state index in [-0.39, 0.29) is 12.2 Å². The highest BCUT2D eigenvalue weighted by molar-refractivity contribution is 7.92. The van der Waals surface area contributed by atoms with Crippen LogP contribution < -0.4 is 10.0 Å². The van der Waals surface area contributed by atoms with Gasteiger partial charge in [-0.15, -0.1) is 0 Å². The van der Waals surface area contributed by atoms with Crippen molar-refractivity contribution in [2.75, 3.05) is 22.9 Å². The van der Waals surface area contributed by atoms with Crippen molar-refractivity contribution in [3.63, 3.8) is 0 Å². The average Bonchev–Trinajstić information content (AvgIpc) is 2.57. The van der Waals surface area contributed by atoms with Crippen molar-refractivity contribution in [2.24, 2.45) is 0 Å². The maximum Gasteiger partial charge on any atom is 0.338 e. The molecule has 2 aromatic rings. The molecular formula is C19H22N2O5S. The van der Waals surface area contributed by atoms with Crippen LogP contribution in [0.5, 0.6) is 0 Å². The molecule has 0 radical (unpaired) electrons. The smallest absolute Gasteiger partial charge is 0.338 e. The lowest BCUT2D eigenvalue weighted by molar-refractivity contribution is 0.0525. The third-order valence-electron chi connectivity index (χ3n) is 3.87. The van der Waals surface area contributed by atoms with Gasteiger partial charge >= 0.3 is 5.97 Å². The van der Waals surface area contributed by atoms with Gasteiger partial charge in [-0.1, -0.05) is 12.1 Å². The molecule has 0 aromatic heterocycles. The lowest BCUT2D eigenvalue weighted by atomic mass is 10.1. The predicted molar refractivity (Wildman–Crippen MR) is 105 cm³/mol. The number of ether oxygens (including phenoxy) is 1. The fraction of sp³-hybridized carbons (Fsp3) is 0.263. The number of carbonyl (C=O) groups excluding carboxylic acids is 2. The Morgan fingerprint density at radius 1 is 1.07 bits per heavy atom. The quantitative estimate of drug-likeness (QED) is 0.738. The summed E-state index contributed by atoms with van der Waals surface area (Å²) in [5.41, 5.74) is 2.75. The van der Waals surface area contributed by atoms with Crippen LogP contribution in [0.3, 0.4) is 0 Å². The van der Waals surface area contributed by atoms with Gasteiger partial charge in [-0.3, -0.25) is 9.52 Å². The van der Waals surface area contributed by atoms with E-state index in [1.165, 1.54) is 6.07 Å². The lowest BCUT2D eigenvalue weighted by Gasteiger charge is -2.13. The Labute approximate surface area is 158 Å². The second kappa shape index (κ2) is 8.22. The molecule has 2 N–H and O–H groups in total.